The number of dihydropyridines is 1. The van der Waals surface area contributed by atoms with Crippen LogP contribution in [0.2, 0.25) is 5.02 Å². The molecular weight excluding hydrogens is 466 g/mol. The zero-order valence-corrected chi connectivity index (χ0v) is 19.8. The second-order valence-electron chi connectivity index (χ2n) is 8.61. The van der Waals surface area contributed by atoms with E-state index in [0.29, 0.717) is 36.9 Å². The van der Waals surface area contributed by atoms with Crippen LogP contribution in [0.5, 0.6) is 0 Å². The van der Waals surface area contributed by atoms with Crippen molar-refractivity contribution in [3.05, 3.63) is 77.3 Å². The van der Waals surface area contributed by atoms with Crippen LogP contribution in [-0.2, 0) is 16.1 Å². The molecule has 4 amide bonds. The number of benzene rings is 2. The van der Waals surface area contributed by atoms with Gasteiger partial charge >= 0.3 is 11.9 Å². The summed E-state index contributed by atoms with van der Waals surface area (Å²) in [6, 6.07) is 15.7. The summed E-state index contributed by atoms with van der Waals surface area (Å²) in [5.41, 5.74) is 2.33. The Morgan fingerprint density at radius 2 is 1.71 bits per heavy atom. The molecule has 0 bridgehead atoms. The summed E-state index contributed by atoms with van der Waals surface area (Å²) in [4.78, 5) is 49.3. The Bertz CT molecular complexity index is 1230. The van der Waals surface area contributed by atoms with E-state index in [1.807, 2.05) is 18.2 Å². The monoisotopic (exact) mass is 490 g/mol. The summed E-state index contributed by atoms with van der Waals surface area (Å²) in [5.74, 6) is -0.554. The first kappa shape index (κ1) is 23.0. The smallest absolute Gasteiger partial charge is 0.368 e. The maximum atomic E-state index is 13.4. The maximum absolute atomic E-state index is 13.4. The lowest BCUT2D eigenvalue weighted by Crippen LogP contribution is -2.58. The fourth-order valence-electron chi connectivity index (χ4n) is 4.54. The van der Waals surface area contributed by atoms with Crippen LogP contribution in [0.4, 0.5) is 10.5 Å². The number of amides is 4. The first-order valence-electron chi connectivity index (χ1n) is 11.5. The number of urea groups is 1. The second-order valence-corrected chi connectivity index (χ2v) is 9.04. The van der Waals surface area contributed by atoms with Gasteiger partial charge in [0.25, 0.3) is 5.91 Å². The van der Waals surface area contributed by atoms with Gasteiger partial charge in [-0.25, -0.2) is 4.79 Å². The number of carbonyl (C=O) groups excluding carboxylic acids is 3. The Balaban J connectivity index is 1.32. The number of imide groups is 1. The van der Waals surface area contributed by atoms with Crippen molar-refractivity contribution in [1.29, 1.82) is 0 Å². The van der Waals surface area contributed by atoms with Gasteiger partial charge in [-0.3, -0.25) is 9.79 Å². The van der Waals surface area contributed by atoms with Gasteiger partial charge < -0.3 is 9.80 Å². The Hall–Kier alpha value is -3.78. The zero-order chi connectivity index (χ0) is 24.4. The summed E-state index contributed by atoms with van der Waals surface area (Å²) >= 11 is 5.97. The van der Waals surface area contributed by atoms with Crippen molar-refractivity contribution in [3.63, 3.8) is 0 Å². The third-order valence-corrected chi connectivity index (χ3v) is 6.69. The van der Waals surface area contributed by atoms with Crippen LogP contribution in [0.15, 0.2) is 71.7 Å². The molecule has 35 heavy (non-hydrogen) atoms. The van der Waals surface area contributed by atoms with Crippen molar-refractivity contribution in [3.8, 4) is 0 Å². The fourth-order valence-corrected chi connectivity index (χ4v) is 4.66. The third-order valence-electron chi connectivity index (χ3n) is 6.44. The molecule has 3 aliphatic rings. The summed E-state index contributed by atoms with van der Waals surface area (Å²) in [7, 11) is 0. The van der Waals surface area contributed by atoms with Gasteiger partial charge in [0.15, 0.2) is 6.54 Å². The molecular formula is C26H25ClN5O3+. The number of rotatable bonds is 5. The molecule has 0 saturated carbocycles. The molecule has 3 heterocycles. The topological polar surface area (TPSA) is 76.3 Å². The first-order chi connectivity index (χ1) is 17.0. The van der Waals surface area contributed by atoms with E-state index < -0.39 is 18.0 Å². The van der Waals surface area contributed by atoms with Gasteiger partial charge in [0, 0.05) is 43.1 Å². The maximum Gasteiger partial charge on any atom is 0.501 e. The van der Waals surface area contributed by atoms with Crippen molar-refractivity contribution in [1.82, 2.24) is 9.80 Å². The fraction of sp³-hybridized carbons (Fsp3) is 0.269. The molecule has 8 nitrogen and oxygen atoms in total. The zero-order valence-electron chi connectivity index (χ0n) is 19.1. The summed E-state index contributed by atoms with van der Waals surface area (Å²) in [6.45, 7) is 2.51. The molecule has 5 rings (SSSR count). The van der Waals surface area contributed by atoms with Crippen LogP contribution in [0.1, 0.15) is 5.56 Å². The van der Waals surface area contributed by atoms with E-state index in [4.69, 9.17) is 11.6 Å². The highest BCUT2D eigenvalue weighted by Gasteiger charge is 2.48. The molecule has 0 spiro atoms. The van der Waals surface area contributed by atoms with E-state index in [9.17, 15) is 14.4 Å². The molecule has 3 aliphatic heterocycles. The van der Waals surface area contributed by atoms with Crippen molar-refractivity contribution >= 4 is 47.1 Å². The van der Waals surface area contributed by atoms with Crippen LogP contribution < -0.4 is 4.90 Å². The van der Waals surface area contributed by atoms with Crippen molar-refractivity contribution in [2.24, 2.45) is 4.99 Å². The van der Waals surface area contributed by atoms with Crippen molar-refractivity contribution in [2.45, 2.75) is 12.6 Å². The van der Waals surface area contributed by atoms with E-state index in [1.165, 1.54) is 4.58 Å². The van der Waals surface area contributed by atoms with Crippen LogP contribution in [0.25, 0.3) is 0 Å². The number of carbonyl (C=O) groups is 3. The minimum Gasteiger partial charge on any atom is -0.368 e. The van der Waals surface area contributed by atoms with Gasteiger partial charge in [0.1, 0.15) is 12.3 Å². The molecule has 0 radical (unpaired) electrons. The number of hydrogen-bond donors (Lipinski definition) is 0. The van der Waals surface area contributed by atoms with Gasteiger partial charge in [-0.1, -0.05) is 41.9 Å². The number of allylic oxidation sites excluding steroid dienone is 1. The molecule has 0 aliphatic carbocycles. The standard InChI is InChI=1S/C26H25ClN5O3/c27-20-10-8-19(9-11-20)17-32-25(34)24-22(7-4-12-28-24)31(26(32)35)18-23(33)30-15-13-29(14-16-30)21-5-2-1-3-6-21/h1-12,24H,13-18H2/q+1. The number of para-hydroxylation sites is 1. The molecule has 1 fully saturated rings. The normalized spacial score (nSPS) is 19.9. The third kappa shape index (κ3) is 4.74. The number of halogens is 1. The van der Waals surface area contributed by atoms with Crippen LogP contribution in [0.3, 0.4) is 0 Å². The highest BCUT2D eigenvalue weighted by Crippen LogP contribution is 2.20. The number of anilines is 1. The van der Waals surface area contributed by atoms with E-state index >= 15 is 0 Å². The quantitative estimate of drug-likeness (QED) is 0.604. The molecule has 1 saturated heterocycles. The molecule has 1 atom stereocenters. The van der Waals surface area contributed by atoms with Crippen LogP contribution in [0, 0.1) is 0 Å². The van der Waals surface area contributed by atoms with Crippen molar-refractivity contribution in [2.75, 3.05) is 37.6 Å². The second kappa shape index (κ2) is 9.84. The minimum atomic E-state index is -0.840. The SMILES string of the molecule is O=C(C[N+]1=C2C=CC=NC2C(=O)N(Cc2ccc(Cl)cc2)C1=O)N1CCN(c2ccccc2)CC1. The molecule has 1 unspecified atom stereocenters. The van der Waals surface area contributed by atoms with E-state index in [1.54, 1.807) is 47.5 Å². The minimum absolute atomic E-state index is 0.0816. The molecule has 2 aromatic rings. The first-order valence-corrected chi connectivity index (χ1v) is 11.9. The Labute approximate surface area is 208 Å². The lowest BCUT2D eigenvalue weighted by atomic mass is 10.0. The predicted molar refractivity (Wildman–Crippen MR) is 134 cm³/mol. The van der Waals surface area contributed by atoms with Gasteiger partial charge in [-0.15, -0.1) is 0 Å². The van der Waals surface area contributed by atoms with Crippen LogP contribution in [-0.4, -0.2) is 82.9 Å². The number of aliphatic imine (C=N–C) groups is 1. The average molecular weight is 491 g/mol. The molecule has 2 aromatic carbocycles. The highest BCUT2D eigenvalue weighted by atomic mass is 35.5. The largest absolute Gasteiger partial charge is 0.501 e. The summed E-state index contributed by atoms with van der Waals surface area (Å²) in [6.07, 6.45) is 4.91. The van der Waals surface area contributed by atoms with E-state index in [2.05, 4.69) is 22.0 Å². The number of fused-ring (bicyclic) bond motifs is 1. The summed E-state index contributed by atoms with van der Waals surface area (Å²) < 4.78 is 1.39. The molecule has 178 valence electrons. The average Bonchev–Trinajstić information content (AvgIpc) is 2.90. The number of nitrogens with zero attached hydrogens (tertiary/aromatic N) is 5. The summed E-state index contributed by atoms with van der Waals surface area (Å²) in [5, 5.41) is 0.572. The Morgan fingerprint density at radius 1 is 1.00 bits per heavy atom. The molecule has 0 aromatic heterocycles. The molecule has 9 heteroatoms. The van der Waals surface area contributed by atoms with Crippen LogP contribution >= 0.6 is 11.6 Å². The van der Waals surface area contributed by atoms with Crippen molar-refractivity contribution < 1.29 is 19.0 Å². The van der Waals surface area contributed by atoms with E-state index in [0.717, 1.165) is 16.2 Å². The van der Waals surface area contributed by atoms with Gasteiger partial charge in [0.05, 0.1) is 0 Å². The number of piperazine rings is 1. The number of hydrogen-bond acceptors (Lipinski definition) is 5. The lowest BCUT2D eigenvalue weighted by molar-refractivity contribution is -0.429. The lowest BCUT2D eigenvalue weighted by Gasteiger charge is -2.36. The van der Waals surface area contributed by atoms with Gasteiger partial charge in [-0.2, -0.15) is 14.3 Å². The van der Waals surface area contributed by atoms with E-state index in [-0.39, 0.29) is 19.0 Å². The molecule has 0 N–H and O–H groups in total. The Morgan fingerprint density at radius 3 is 2.43 bits per heavy atom. The van der Waals surface area contributed by atoms with Gasteiger partial charge in [-0.05, 0) is 42.0 Å². The van der Waals surface area contributed by atoms with Gasteiger partial charge in [0.2, 0.25) is 6.04 Å². The highest BCUT2D eigenvalue weighted by molar-refractivity contribution is 6.30. The Kier molecular flexibility index (Phi) is 6.46. The predicted octanol–water partition coefficient (Wildman–Crippen LogP) is 2.61.